The van der Waals surface area contributed by atoms with Gasteiger partial charge >= 0.3 is 5.97 Å². The van der Waals surface area contributed by atoms with Crippen LogP contribution in [-0.2, 0) is 10.3 Å². The first kappa shape index (κ1) is 13.9. The summed E-state index contributed by atoms with van der Waals surface area (Å²) in [5.41, 5.74) is -0.707. The molecule has 8 heteroatoms. The molecule has 2 heterocycles. The Balaban J connectivity index is 2.52. The third-order valence-electron chi connectivity index (χ3n) is 2.62. The molecule has 0 bridgehead atoms. The van der Waals surface area contributed by atoms with E-state index in [4.69, 9.17) is 0 Å². The summed E-state index contributed by atoms with van der Waals surface area (Å²) in [4.78, 5) is 31.4. The van der Waals surface area contributed by atoms with Crippen molar-refractivity contribution < 1.29 is 9.53 Å². The molecule has 0 aliphatic heterocycles. The highest BCUT2D eigenvalue weighted by atomic mass is 16.5. The molecule has 0 unspecified atom stereocenters. The predicted molar refractivity (Wildman–Crippen MR) is 69.7 cm³/mol. The largest absolute Gasteiger partial charge is 0.463 e. The molecule has 2 rings (SSSR count). The van der Waals surface area contributed by atoms with Crippen molar-refractivity contribution in [3.05, 3.63) is 34.9 Å². The Hall–Kier alpha value is -2.51. The van der Waals surface area contributed by atoms with Crippen LogP contribution in [-0.4, -0.2) is 37.4 Å². The van der Waals surface area contributed by atoms with Crippen molar-refractivity contribution in [1.82, 2.24) is 24.3 Å². The molecule has 0 spiro atoms. The topological polar surface area (TPSA) is 91.9 Å². The van der Waals surface area contributed by atoms with Crippen molar-refractivity contribution in [3.63, 3.8) is 0 Å². The fourth-order valence-corrected chi connectivity index (χ4v) is 1.64. The zero-order chi connectivity index (χ0) is 14.9. The number of carbonyl (C=O) groups excluding carboxylic acids is 1. The molecule has 2 aromatic rings. The van der Waals surface area contributed by atoms with Gasteiger partial charge in [-0.25, -0.2) is 14.8 Å². The number of ether oxygens (including phenoxy) is 1. The number of hydrogen-bond acceptors (Lipinski definition) is 6. The summed E-state index contributed by atoms with van der Waals surface area (Å²) in [6, 6.07) is 0. The molecule has 8 nitrogen and oxygen atoms in total. The van der Waals surface area contributed by atoms with Crippen LogP contribution in [0.25, 0.3) is 5.82 Å². The number of carbonyl (C=O) groups is 1. The van der Waals surface area contributed by atoms with Crippen LogP contribution in [0.2, 0.25) is 0 Å². The summed E-state index contributed by atoms with van der Waals surface area (Å²) < 4.78 is 7.21. The van der Waals surface area contributed by atoms with E-state index in [1.165, 1.54) is 24.2 Å². The van der Waals surface area contributed by atoms with E-state index >= 15 is 0 Å². The lowest BCUT2D eigenvalue weighted by atomic mass is 10.1. The summed E-state index contributed by atoms with van der Waals surface area (Å²) in [6.45, 7) is 5.71. The van der Waals surface area contributed by atoms with Crippen molar-refractivity contribution >= 4 is 5.97 Å². The molecule has 2 aromatic heterocycles. The van der Waals surface area contributed by atoms with Crippen LogP contribution in [0.3, 0.4) is 0 Å². The molecule has 0 N–H and O–H groups in total. The number of rotatable bonds is 2. The Bertz CT molecular complexity index is 696. The molecule has 0 aliphatic rings. The molecule has 0 atom stereocenters. The molecule has 0 amide bonds. The van der Waals surface area contributed by atoms with Gasteiger partial charge in [-0.05, 0) is 20.8 Å². The predicted octanol–water partition coefficient (Wildman–Crippen LogP) is 0.366. The summed E-state index contributed by atoms with van der Waals surface area (Å²) in [6.07, 6.45) is 4.36. The minimum atomic E-state index is -0.671. The van der Waals surface area contributed by atoms with Gasteiger partial charge in [0.05, 0.1) is 7.11 Å². The Morgan fingerprint density at radius 1 is 1.30 bits per heavy atom. The highest BCUT2D eigenvalue weighted by Gasteiger charge is 2.19. The van der Waals surface area contributed by atoms with E-state index in [2.05, 4.69) is 19.8 Å². The average molecular weight is 277 g/mol. The molecular formula is C12H15N5O3. The lowest BCUT2D eigenvalue weighted by Gasteiger charge is -2.22. The smallest absolute Gasteiger partial charge is 0.377 e. The fraction of sp³-hybridized carbons (Fsp3) is 0.417. The Morgan fingerprint density at radius 3 is 2.60 bits per heavy atom. The maximum absolute atomic E-state index is 12.4. The van der Waals surface area contributed by atoms with Gasteiger partial charge in [0.2, 0.25) is 5.82 Å². The van der Waals surface area contributed by atoms with Crippen LogP contribution in [0.5, 0.6) is 0 Å². The van der Waals surface area contributed by atoms with Crippen LogP contribution >= 0.6 is 0 Å². The van der Waals surface area contributed by atoms with Gasteiger partial charge in [-0.15, -0.1) is 5.10 Å². The summed E-state index contributed by atoms with van der Waals surface area (Å²) in [5.74, 6) is -0.722. The van der Waals surface area contributed by atoms with E-state index < -0.39 is 5.97 Å². The second-order valence-corrected chi connectivity index (χ2v) is 5.10. The summed E-state index contributed by atoms with van der Waals surface area (Å²) >= 11 is 0. The summed E-state index contributed by atoms with van der Waals surface area (Å²) in [5, 5.41) is 3.89. The van der Waals surface area contributed by atoms with Crippen LogP contribution < -0.4 is 5.56 Å². The van der Waals surface area contributed by atoms with Gasteiger partial charge in [0.15, 0.2) is 0 Å². The molecule has 0 saturated carbocycles. The molecule has 0 radical (unpaired) electrons. The van der Waals surface area contributed by atoms with E-state index in [1.54, 1.807) is 6.20 Å². The standard InChI is InChI=1S/C12H15N5O3/c1-12(2,3)16-6-5-13-9(10(16)18)17-7-14-8(15-17)11(19)20-4/h5-7H,1-4H3. The maximum atomic E-state index is 12.4. The number of esters is 1. The van der Waals surface area contributed by atoms with Gasteiger partial charge in [0.25, 0.3) is 11.4 Å². The second kappa shape index (κ2) is 4.87. The Labute approximate surface area is 115 Å². The number of hydrogen-bond donors (Lipinski definition) is 0. The van der Waals surface area contributed by atoms with Crippen molar-refractivity contribution in [2.75, 3.05) is 7.11 Å². The Kier molecular flexibility index (Phi) is 3.39. The average Bonchev–Trinajstić information content (AvgIpc) is 2.86. The third kappa shape index (κ3) is 2.44. The zero-order valence-electron chi connectivity index (χ0n) is 11.7. The van der Waals surface area contributed by atoms with E-state index in [9.17, 15) is 9.59 Å². The number of methoxy groups -OCH3 is 1. The zero-order valence-corrected chi connectivity index (χ0v) is 11.7. The Morgan fingerprint density at radius 2 is 2.00 bits per heavy atom. The van der Waals surface area contributed by atoms with Gasteiger partial charge in [-0.1, -0.05) is 0 Å². The normalized spacial score (nSPS) is 11.4. The molecule has 0 saturated heterocycles. The van der Waals surface area contributed by atoms with Crippen LogP contribution in [0.15, 0.2) is 23.5 Å². The van der Waals surface area contributed by atoms with Crippen LogP contribution in [0.1, 0.15) is 31.4 Å². The van der Waals surface area contributed by atoms with Crippen LogP contribution in [0, 0.1) is 0 Å². The van der Waals surface area contributed by atoms with Gasteiger partial charge in [-0.2, -0.15) is 4.68 Å². The number of nitrogens with zero attached hydrogens (tertiary/aromatic N) is 5. The lowest BCUT2D eigenvalue weighted by Crippen LogP contribution is -2.36. The van der Waals surface area contributed by atoms with Crippen molar-refractivity contribution in [2.24, 2.45) is 0 Å². The second-order valence-electron chi connectivity index (χ2n) is 5.10. The van der Waals surface area contributed by atoms with Gasteiger partial charge in [-0.3, -0.25) is 4.79 Å². The fourth-order valence-electron chi connectivity index (χ4n) is 1.64. The molecule has 0 fully saturated rings. The maximum Gasteiger partial charge on any atom is 0.377 e. The summed E-state index contributed by atoms with van der Waals surface area (Å²) in [7, 11) is 1.23. The van der Waals surface area contributed by atoms with Gasteiger partial charge in [0, 0.05) is 17.9 Å². The molecular weight excluding hydrogens is 262 g/mol. The molecule has 0 aliphatic carbocycles. The molecule has 20 heavy (non-hydrogen) atoms. The first-order chi connectivity index (χ1) is 9.34. The molecule has 0 aromatic carbocycles. The third-order valence-corrected chi connectivity index (χ3v) is 2.62. The van der Waals surface area contributed by atoms with Crippen LogP contribution in [0.4, 0.5) is 0 Å². The van der Waals surface area contributed by atoms with Crippen molar-refractivity contribution in [2.45, 2.75) is 26.3 Å². The molecule has 106 valence electrons. The van der Waals surface area contributed by atoms with Gasteiger partial charge in [0.1, 0.15) is 6.33 Å². The quantitative estimate of drug-likeness (QED) is 0.736. The van der Waals surface area contributed by atoms with E-state index in [-0.39, 0.29) is 22.7 Å². The first-order valence-corrected chi connectivity index (χ1v) is 5.93. The SMILES string of the molecule is COC(=O)c1ncn(-c2nccn(C(C)(C)C)c2=O)n1. The highest BCUT2D eigenvalue weighted by molar-refractivity contribution is 5.84. The van der Waals surface area contributed by atoms with Crippen molar-refractivity contribution in [1.29, 1.82) is 0 Å². The lowest BCUT2D eigenvalue weighted by molar-refractivity contribution is 0.0587. The minimum absolute atomic E-state index is 0.0741. The first-order valence-electron chi connectivity index (χ1n) is 5.93. The van der Waals surface area contributed by atoms with Gasteiger partial charge < -0.3 is 9.30 Å². The van der Waals surface area contributed by atoms with E-state index in [1.807, 2.05) is 20.8 Å². The minimum Gasteiger partial charge on any atom is -0.463 e. The van der Waals surface area contributed by atoms with E-state index in [0.717, 1.165) is 4.68 Å². The van der Waals surface area contributed by atoms with E-state index in [0.29, 0.717) is 0 Å². The number of aromatic nitrogens is 5. The monoisotopic (exact) mass is 277 g/mol. The van der Waals surface area contributed by atoms with Crippen molar-refractivity contribution in [3.8, 4) is 5.82 Å². The highest BCUT2D eigenvalue weighted by Crippen LogP contribution is 2.10.